The molecule has 2 aliphatic rings. The van der Waals surface area contributed by atoms with E-state index >= 15 is 0 Å². The van der Waals surface area contributed by atoms with Crippen molar-refractivity contribution >= 4 is 11.6 Å². The predicted molar refractivity (Wildman–Crippen MR) is 107 cm³/mol. The summed E-state index contributed by atoms with van der Waals surface area (Å²) in [5, 5.41) is 13.1. The summed E-state index contributed by atoms with van der Waals surface area (Å²) in [5.41, 5.74) is 2.94. The number of aryl methyl sites for hydroxylation is 1. The van der Waals surface area contributed by atoms with Crippen molar-refractivity contribution in [2.45, 2.75) is 51.3 Å². The zero-order valence-electron chi connectivity index (χ0n) is 16.0. The van der Waals surface area contributed by atoms with Crippen molar-refractivity contribution < 1.29 is 14.6 Å². The summed E-state index contributed by atoms with van der Waals surface area (Å²) in [4.78, 5) is 19.2. The molecule has 2 aromatic rings. The van der Waals surface area contributed by atoms with Crippen molar-refractivity contribution in [2.24, 2.45) is 0 Å². The lowest BCUT2D eigenvalue weighted by Gasteiger charge is -2.31. The smallest absolute Gasteiger partial charge is 0.288 e. The quantitative estimate of drug-likeness (QED) is 0.854. The van der Waals surface area contributed by atoms with E-state index in [0.29, 0.717) is 12.3 Å². The molecule has 6 heteroatoms. The second kappa shape index (κ2) is 8.02. The number of anilines is 1. The van der Waals surface area contributed by atoms with Crippen molar-refractivity contribution in [3.8, 4) is 5.75 Å². The number of para-hydroxylation sites is 2. The first-order valence-corrected chi connectivity index (χ1v) is 9.76. The summed E-state index contributed by atoms with van der Waals surface area (Å²) in [6, 6.07) is 11.4. The van der Waals surface area contributed by atoms with Crippen molar-refractivity contribution in [2.75, 3.05) is 4.90 Å². The largest absolute Gasteiger partial charge is 0.448 e. The van der Waals surface area contributed by atoms with Crippen molar-refractivity contribution in [1.82, 2.24) is 10.3 Å². The molecule has 0 unspecified atom stereocenters. The molecule has 0 saturated heterocycles. The van der Waals surface area contributed by atoms with E-state index in [-0.39, 0.29) is 17.7 Å². The van der Waals surface area contributed by atoms with E-state index < -0.39 is 6.10 Å². The average Bonchev–Trinajstić information content (AvgIpc) is 2.71. The molecule has 146 valence electrons. The molecule has 0 radical (unpaired) electrons. The molecule has 1 aliphatic heterocycles. The highest BCUT2D eigenvalue weighted by molar-refractivity contribution is 5.93. The van der Waals surface area contributed by atoms with Gasteiger partial charge in [-0.15, -0.1) is 0 Å². The molecular formula is C22H25N3O3. The number of aliphatic hydroxyl groups is 1. The van der Waals surface area contributed by atoms with E-state index in [1.165, 1.54) is 0 Å². The van der Waals surface area contributed by atoms with Gasteiger partial charge in [-0.3, -0.25) is 9.78 Å². The summed E-state index contributed by atoms with van der Waals surface area (Å²) in [6.45, 7) is 2.56. The second-order valence-corrected chi connectivity index (χ2v) is 7.37. The molecule has 4 rings (SSSR count). The third-order valence-corrected chi connectivity index (χ3v) is 5.39. The fourth-order valence-corrected chi connectivity index (χ4v) is 3.76. The number of nitrogens with zero attached hydrogens (tertiary/aromatic N) is 2. The van der Waals surface area contributed by atoms with Crippen LogP contribution in [-0.4, -0.2) is 28.1 Å². The van der Waals surface area contributed by atoms with Crippen LogP contribution in [0.1, 0.15) is 36.9 Å². The number of fused-ring (bicyclic) bond motifs is 1. The molecule has 6 nitrogen and oxygen atoms in total. The highest BCUT2D eigenvalue weighted by atomic mass is 16.5. The van der Waals surface area contributed by atoms with Crippen LogP contribution >= 0.6 is 0 Å². The molecule has 1 saturated carbocycles. The number of aromatic nitrogens is 1. The number of hydrogen-bond acceptors (Lipinski definition) is 5. The molecule has 1 aromatic carbocycles. The zero-order valence-corrected chi connectivity index (χ0v) is 16.0. The van der Waals surface area contributed by atoms with Crippen LogP contribution in [0, 0.1) is 6.92 Å². The molecule has 1 fully saturated rings. The van der Waals surface area contributed by atoms with Gasteiger partial charge in [0.05, 0.1) is 24.0 Å². The lowest BCUT2D eigenvalue weighted by molar-refractivity contribution is -0.121. The molecule has 2 atom stereocenters. The highest BCUT2D eigenvalue weighted by Crippen LogP contribution is 2.35. The van der Waals surface area contributed by atoms with Crippen LogP contribution in [0.25, 0.3) is 0 Å². The lowest BCUT2D eigenvalue weighted by Crippen LogP contribution is -2.46. The Morgan fingerprint density at radius 2 is 2.07 bits per heavy atom. The first-order chi connectivity index (χ1) is 13.6. The Balaban J connectivity index is 1.58. The maximum atomic E-state index is 12.8. The van der Waals surface area contributed by atoms with E-state index in [2.05, 4.69) is 10.3 Å². The van der Waals surface area contributed by atoms with Gasteiger partial charge in [0.15, 0.2) is 5.75 Å². The molecule has 1 amide bonds. The van der Waals surface area contributed by atoms with Crippen LogP contribution in [0.2, 0.25) is 0 Å². The summed E-state index contributed by atoms with van der Waals surface area (Å²) in [5.74, 6) is 0.576. The Kier molecular flexibility index (Phi) is 5.30. The Morgan fingerprint density at radius 3 is 2.89 bits per heavy atom. The number of benzene rings is 1. The topological polar surface area (TPSA) is 74.7 Å². The van der Waals surface area contributed by atoms with Gasteiger partial charge in [0.25, 0.3) is 5.91 Å². The number of rotatable bonds is 4. The van der Waals surface area contributed by atoms with Gasteiger partial charge in [0, 0.05) is 18.4 Å². The van der Waals surface area contributed by atoms with Gasteiger partial charge >= 0.3 is 0 Å². The van der Waals surface area contributed by atoms with Crippen LogP contribution in [0.3, 0.4) is 0 Å². The van der Waals surface area contributed by atoms with Crippen LogP contribution in [0.4, 0.5) is 5.69 Å². The van der Waals surface area contributed by atoms with Gasteiger partial charge in [-0.1, -0.05) is 31.0 Å². The standard InChI is InChI=1S/C22H25N3O3/c1-15-16(7-6-12-23-15)13-25-14-21(28-20-11-5-3-9-18(20)25)22(27)24-17-8-2-4-10-19(17)26/h3,5-7,9,11-12,14,17,19,26H,2,4,8,10,13H2,1H3,(H,24,27)/t17-,19-/m0/s1. The predicted octanol–water partition coefficient (Wildman–Crippen LogP) is 3.05. The lowest BCUT2D eigenvalue weighted by atomic mass is 9.92. The first kappa shape index (κ1) is 18.5. The highest BCUT2D eigenvalue weighted by Gasteiger charge is 2.29. The molecule has 2 N–H and O–H groups in total. The van der Waals surface area contributed by atoms with Crippen molar-refractivity contribution in [1.29, 1.82) is 0 Å². The maximum absolute atomic E-state index is 12.8. The number of pyridine rings is 1. The fraction of sp³-hybridized carbons (Fsp3) is 0.364. The van der Waals surface area contributed by atoms with Crippen LogP contribution < -0.4 is 15.0 Å². The van der Waals surface area contributed by atoms with Gasteiger partial charge in [-0.05, 0) is 43.5 Å². The maximum Gasteiger partial charge on any atom is 0.288 e. The van der Waals surface area contributed by atoms with E-state index in [4.69, 9.17) is 4.74 Å². The van der Waals surface area contributed by atoms with Crippen LogP contribution in [0.5, 0.6) is 5.75 Å². The number of nitrogens with one attached hydrogen (secondary N) is 1. The minimum atomic E-state index is -0.497. The number of ether oxygens (including phenoxy) is 1. The third-order valence-electron chi connectivity index (χ3n) is 5.39. The Morgan fingerprint density at radius 1 is 1.25 bits per heavy atom. The number of amides is 1. The molecule has 28 heavy (non-hydrogen) atoms. The van der Waals surface area contributed by atoms with Gasteiger partial charge in [0.1, 0.15) is 0 Å². The first-order valence-electron chi connectivity index (χ1n) is 9.76. The fourth-order valence-electron chi connectivity index (χ4n) is 3.76. The number of aliphatic hydroxyl groups excluding tert-OH is 1. The molecule has 0 bridgehead atoms. The Bertz CT molecular complexity index is 896. The van der Waals surface area contributed by atoms with Gasteiger partial charge in [-0.25, -0.2) is 0 Å². The normalized spacial score (nSPS) is 21.4. The number of hydrogen-bond donors (Lipinski definition) is 2. The summed E-state index contributed by atoms with van der Waals surface area (Å²) in [7, 11) is 0. The summed E-state index contributed by atoms with van der Waals surface area (Å²) < 4.78 is 5.88. The number of carbonyl (C=O) groups excluding carboxylic acids is 1. The van der Waals surface area contributed by atoms with Crippen molar-refractivity contribution in [3.05, 3.63) is 65.8 Å². The second-order valence-electron chi connectivity index (χ2n) is 7.37. The third kappa shape index (κ3) is 3.87. The van der Waals surface area contributed by atoms with E-state index in [1.807, 2.05) is 48.2 Å². The molecule has 1 aromatic heterocycles. The number of carbonyl (C=O) groups is 1. The SMILES string of the molecule is Cc1ncccc1CN1C=C(C(=O)N[C@H]2CCCC[C@@H]2O)Oc2ccccc21. The molecule has 2 heterocycles. The zero-order chi connectivity index (χ0) is 19.5. The Hall–Kier alpha value is -2.86. The van der Waals surface area contributed by atoms with Crippen LogP contribution in [0.15, 0.2) is 54.6 Å². The van der Waals surface area contributed by atoms with Gasteiger partial charge in [0.2, 0.25) is 5.76 Å². The van der Waals surface area contributed by atoms with E-state index in [0.717, 1.165) is 42.6 Å². The van der Waals surface area contributed by atoms with Crippen molar-refractivity contribution in [3.63, 3.8) is 0 Å². The summed E-state index contributed by atoms with van der Waals surface area (Å²) in [6.07, 6.45) is 6.53. The van der Waals surface area contributed by atoms with Gasteiger partial charge < -0.3 is 20.1 Å². The van der Waals surface area contributed by atoms with Gasteiger partial charge in [-0.2, -0.15) is 0 Å². The summed E-state index contributed by atoms with van der Waals surface area (Å²) >= 11 is 0. The molecule has 1 aliphatic carbocycles. The minimum absolute atomic E-state index is 0.225. The average molecular weight is 379 g/mol. The van der Waals surface area contributed by atoms with E-state index in [9.17, 15) is 9.90 Å². The van der Waals surface area contributed by atoms with E-state index in [1.54, 1.807) is 12.4 Å². The minimum Gasteiger partial charge on any atom is -0.448 e. The Labute approximate surface area is 164 Å². The molecular weight excluding hydrogens is 354 g/mol. The molecule has 0 spiro atoms. The monoisotopic (exact) mass is 379 g/mol. The van der Waals surface area contributed by atoms with Crippen LogP contribution in [-0.2, 0) is 11.3 Å².